The Morgan fingerprint density at radius 1 is 0.688 bits per heavy atom. The minimum absolute atomic E-state index is 0.0473. The number of nitrogen functional groups attached to an aromatic ring is 1. The highest BCUT2D eigenvalue weighted by molar-refractivity contribution is 8.24. The van der Waals surface area contributed by atoms with Crippen molar-refractivity contribution >= 4 is 164 Å². The molecule has 9 aromatic heterocycles. The number of aromatic nitrogens is 12. The van der Waals surface area contributed by atoms with E-state index in [1.165, 1.54) is 77.5 Å². The molecular weight excluding hydrogens is 1810 g/mol. The van der Waals surface area contributed by atoms with E-state index in [0.29, 0.717) is 71.9 Å². The summed E-state index contributed by atoms with van der Waals surface area (Å²) in [6.07, 6.45) is 4.33. The van der Waals surface area contributed by atoms with Crippen molar-refractivity contribution in [1.82, 2.24) is 74.2 Å². The number of fused-ring (bicyclic) bond motifs is 2. The number of nitriles is 2. The number of aromatic amines is 3. The van der Waals surface area contributed by atoms with Crippen molar-refractivity contribution in [2.24, 2.45) is 5.10 Å². The van der Waals surface area contributed by atoms with Crippen molar-refractivity contribution < 1.29 is 110 Å². The minimum atomic E-state index is -3.22. The number of methoxy groups -OCH3 is 4. The summed E-state index contributed by atoms with van der Waals surface area (Å²) < 4.78 is 70.3. The number of guanidine groups is 1. The van der Waals surface area contributed by atoms with E-state index in [4.69, 9.17) is 96.2 Å². The molecule has 0 aromatic carbocycles. The second-order valence-corrected chi connectivity index (χ2v) is 31.8. The maximum absolute atomic E-state index is 11.9. The van der Waals surface area contributed by atoms with Gasteiger partial charge in [-0.2, -0.15) is 39.8 Å². The van der Waals surface area contributed by atoms with Crippen molar-refractivity contribution in [3.05, 3.63) is 192 Å². The molecule has 10 rings (SSSR count). The van der Waals surface area contributed by atoms with Gasteiger partial charge in [-0.05, 0) is 176 Å². The van der Waals surface area contributed by atoms with Crippen LogP contribution in [0.2, 0.25) is 5.15 Å². The third-order valence-electron chi connectivity index (χ3n) is 15.1. The first-order valence-corrected chi connectivity index (χ1v) is 42.2. The highest BCUT2D eigenvalue weighted by Gasteiger charge is 2.52. The summed E-state index contributed by atoms with van der Waals surface area (Å²) in [7, 11) is 4.68. The van der Waals surface area contributed by atoms with E-state index in [1.54, 1.807) is 68.9 Å². The Balaban J connectivity index is 0.000000498. The molecule has 55 heteroatoms. The fourth-order valence-electron chi connectivity index (χ4n) is 8.72. The molecule has 1 aliphatic heterocycles. The van der Waals surface area contributed by atoms with Crippen LogP contribution in [-0.2, 0) is 84.5 Å². The van der Waals surface area contributed by atoms with Gasteiger partial charge in [0, 0.05) is 30.5 Å². The number of rotatable bonds is 24. The van der Waals surface area contributed by atoms with Crippen LogP contribution in [-0.4, -0.2) is 205 Å². The fraction of sp³-hybridized carbons (Fsp3) is 0.342. The minimum Gasteiger partial charge on any atom is -0.482 e. The monoisotopic (exact) mass is 1900 g/mol. The Morgan fingerprint density at radius 2 is 1.17 bits per heavy atom. The van der Waals surface area contributed by atoms with Gasteiger partial charge in [0.1, 0.15) is 46.5 Å². The number of halogens is 4. The van der Waals surface area contributed by atoms with Crippen molar-refractivity contribution in [2.75, 3.05) is 73.6 Å². The molecular formula is C73H88BCl4N24O24PS. The first-order chi connectivity index (χ1) is 60.7. The van der Waals surface area contributed by atoms with Crippen LogP contribution in [0.5, 0.6) is 5.88 Å². The van der Waals surface area contributed by atoms with Crippen molar-refractivity contribution in [3.63, 3.8) is 0 Å². The summed E-state index contributed by atoms with van der Waals surface area (Å²) >= 11 is 21.1. The lowest BCUT2D eigenvalue weighted by atomic mass is 9.82. The van der Waals surface area contributed by atoms with E-state index < -0.39 is 47.3 Å². The molecule has 0 bridgehead atoms. The molecule has 1 saturated heterocycles. The largest absolute Gasteiger partial charge is 0.498 e. The van der Waals surface area contributed by atoms with Gasteiger partial charge < -0.3 is 86.2 Å². The van der Waals surface area contributed by atoms with Gasteiger partial charge >= 0.3 is 54.5 Å². The fourth-order valence-corrected chi connectivity index (χ4v) is 9.15. The standard InChI is InChI=1S/C13H23BN2O3.C13H15N5O6.C9H6ClN5O2.C9H7N5O3.C8H9N3O2.C8H8N2O2.C8H11NO3.C5H9NO2S.Cl3OP/c1-7-17-10(2)16-9-11(8-15-16)14-18-12(3,4)13(5,6)19-14;1-5-24-10(19)8-6-7-9(14-2)18(8)17-11(15-12(20)22-3)16-13(21)23-4;10-9-7-2-1-6(3-11)15(7)14-8(13-9)4-16-17-5-12;10-3-6-1-2-7-9(15)12-8(13-14(6)7)4-16-17-5-11;1-3-13-8(12)6-4-5-7(10-2)11(6)9;1-3-12-8(11)6-4-5-7(9-2)10-6;1-3-12-8(10)6-4-5-7(9-6)11-2;1-4(9-3)6-5(7)8-2;1-5(2,3)4/h8-10H,7H2,1-6H3;6-7H,5H2,1,3-4H3,(H2,15,16,17,20,21);1-2,5,12H,4H2;1-2,5,11H,4H2,(H,12,13,15);4-5H,3,9H2,1H3;4-5,10H,3H2,1H3;4-5,9H,3H2,1-2H3;1H2,2-3H3,(H,6,7);. The third kappa shape index (κ3) is 37.1. The zero-order chi connectivity index (χ0) is 96.4. The van der Waals surface area contributed by atoms with Crippen LogP contribution >= 0.6 is 62.3 Å². The lowest BCUT2D eigenvalue weighted by molar-refractivity contribution is -0.229. The average molecular weight is 1900 g/mol. The number of carbonyl (C=O) groups is 7. The molecule has 9 aromatic rings. The first kappa shape index (κ1) is 110. The Bertz CT molecular complexity index is 5530. The molecule has 10 N–H and O–H groups in total. The number of nitrogens with zero attached hydrogens (tertiary/aromatic N) is 15. The quantitative estimate of drug-likeness (QED) is 0.00232. The Morgan fingerprint density at radius 3 is 1.64 bits per heavy atom. The molecule has 1 unspecified atom stereocenters. The van der Waals surface area contributed by atoms with Crippen LogP contribution in [0.4, 0.5) is 31.8 Å². The Labute approximate surface area is 754 Å². The van der Waals surface area contributed by atoms with Gasteiger partial charge in [0.2, 0.25) is 30.0 Å². The maximum Gasteiger partial charge on any atom is 0.498 e. The van der Waals surface area contributed by atoms with E-state index in [1.807, 2.05) is 66.1 Å². The molecule has 686 valence electrons. The van der Waals surface area contributed by atoms with Crippen LogP contribution in [0.3, 0.4) is 0 Å². The molecule has 48 nitrogen and oxygen atoms in total. The molecule has 128 heavy (non-hydrogen) atoms. The van der Waals surface area contributed by atoms with E-state index >= 15 is 0 Å². The number of alkyl carbamates (subject to hydrolysis) is 3. The SMILES string of the molecule is C=C(NC(=O)OC)SC.CCOC(=O)c1ccc(OC)[nH]1.CCOC(C)n1cc(B2OC(C)(C)C(C)(C)O2)cn1.N#Cc1ccc2c(=O)[nH]c(COOC=N)nn12.N#Cc1ccc2c(Cl)nc(COOC=N)nn12.O=P(Cl)(Cl)Cl.[C-]#[N+]c1ccc(C(=O)OCC)[nH]1.[C-]#[N+]c1ccc(C(=O)OCC)n1N.[C-]#[N+]c1ccc(C(=O)OCC)n1N=C(NC(=O)OC)NC(=O)OC. The molecule has 0 saturated carbocycles. The predicted molar refractivity (Wildman–Crippen MR) is 464 cm³/mol. The predicted octanol–water partition coefficient (Wildman–Crippen LogP) is 11.9. The highest BCUT2D eigenvalue weighted by atomic mass is 36.0. The lowest BCUT2D eigenvalue weighted by Crippen LogP contribution is -2.44. The second-order valence-electron chi connectivity index (χ2n) is 23.9. The Kier molecular flexibility index (Phi) is 48.9. The van der Waals surface area contributed by atoms with Crippen LogP contribution in [0.1, 0.15) is 140 Å². The number of hydrogen-bond acceptors (Lipinski definition) is 35. The first-order valence-electron chi connectivity index (χ1n) is 36.2. The normalized spacial score (nSPS) is 11.5. The van der Waals surface area contributed by atoms with Gasteiger partial charge in [-0.15, -0.1) is 16.9 Å². The summed E-state index contributed by atoms with van der Waals surface area (Å²) in [6, 6.07) is 22.1. The molecule has 1 aliphatic rings. The van der Waals surface area contributed by atoms with E-state index in [9.17, 15) is 42.9 Å². The molecule has 3 amide bonds. The summed E-state index contributed by atoms with van der Waals surface area (Å²) in [6.45, 7) is 44.5. The maximum atomic E-state index is 11.9. The lowest BCUT2D eigenvalue weighted by Gasteiger charge is -2.32. The molecule has 1 fully saturated rings. The number of hydrogen-bond donors (Lipinski definition) is 9. The van der Waals surface area contributed by atoms with Crippen LogP contribution in [0.15, 0.2) is 107 Å². The number of nitrogens with one attached hydrogen (secondary N) is 8. The number of carbonyl (C=O) groups excluding carboxylic acids is 7. The Hall–Kier alpha value is -13.9. The summed E-state index contributed by atoms with van der Waals surface area (Å²) in [5, 5.41) is 51.3. The zero-order valence-corrected chi connectivity index (χ0v) is 75.7. The van der Waals surface area contributed by atoms with Gasteiger partial charge in [0.05, 0.1) is 71.1 Å². The van der Waals surface area contributed by atoms with Gasteiger partial charge in [-0.25, -0.2) is 52.3 Å². The van der Waals surface area contributed by atoms with E-state index in [0.717, 1.165) is 29.0 Å². The topological polar surface area (TPSA) is 597 Å². The average Bonchev–Trinajstić information content (AvgIpc) is 1.62. The molecule has 0 spiro atoms. The number of amides is 3. The number of ether oxygens (including phenoxy) is 9. The number of esters is 4. The number of nitrogens with two attached hydrogens (primary N) is 1. The van der Waals surface area contributed by atoms with Gasteiger partial charge in [-0.1, -0.05) is 43.0 Å². The highest BCUT2D eigenvalue weighted by Crippen LogP contribution is 2.61. The number of thioether (sulfide) groups is 1. The van der Waals surface area contributed by atoms with Gasteiger partial charge in [0.15, 0.2) is 41.6 Å². The second kappa shape index (κ2) is 56.8. The summed E-state index contributed by atoms with van der Waals surface area (Å²) in [5.74, 6) is 4.50. The number of H-pyrrole nitrogens is 3. The van der Waals surface area contributed by atoms with Crippen molar-refractivity contribution in [1.29, 1.82) is 21.3 Å². The van der Waals surface area contributed by atoms with Gasteiger partial charge in [-0.3, -0.25) is 47.0 Å². The van der Waals surface area contributed by atoms with Crippen LogP contribution < -0.4 is 37.6 Å². The van der Waals surface area contributed by atoms with E-state index in [-0.39, 0.29) is 114 Å². The van der Waals surface area contributed by atoms with Crippen molar-refractivity contribution in [3.8, 4) is 18.0 Å². The van der Waals surface area contributed by atoms with E-state index in [2.05, 4.69) is 145 Å². The van der Waals surface area contributed by atoms with Crippen molar-refractivity contribution in [2.45, 2.75) is 99.9 Å². The molecule has 0 aliphatic carbocycles. The summed E-state index contributed by atoms with van der Waals surface area (Å²) in [4.78, 5) is 129. The van der Waals surface area contributed by atoms with Gasteiger partial charge in [0.25, 0.3) is 23.2 Å². The smallest absolute Gasteiger partial charge is 0.482 e. The zero-order valence-electron chi connectivity index (χ0n) is 71.0. The molecule has 1 atom stereocenters. The summed E-state index contributed by atoms with van der Waals surface area (Å²) in [5.41, 5.74) is 2.15. The third-order valence-corrected chi connectivity index (χ3v) is 16.0. The van der Waals surface area contributed by atoms with Crippen LogP contribution in [0, 0.1) is 53.2 Å². The van der Waals surface area contributed by atoms with Crippen LogP contribution in [0.25, 0.3) is 25.6 Å². The molecule has 0 radical (unpaired) electrons. The molecule has 10 heterocycles.